The van der Waals surface area contributed by atoms with Crippen LogP contribution in [0.15, 0.2) is 16.7 Å². The number of aromatic nitrogens is 1. The van der Waals surface area contributed by atoms with E-state index in [9.17, 15) is 10.1 Å². The number of rotatable bonds is 4. The van der Waals surface area contributed by atoms with E-state index in [-0.39, 0.29) is 17.9 Å². The van der Waals surface area contributed by atoms with Gasteiger partial charge in [-0.3, -0.25) is 10.1 Å². The average molecular weight is 346 g/mol. The maximum Gasteiger partial charge on any atom is 0.312 e. The molecule has 0 N–H and O–H groups in total. The van der Waals surface area contributed by atoms with E-state index in [1.165, 1.54) is 6.07 Å². The number of hydrogen-bond donors (Lipinski definition) is 0. The fraction of sp³-hybridized carbons (Fsp3) is 0.583. The van der Waals surface area contributed by atoms with Crippen molar-refractivity contribution in [3.63, 3.8) is 0 Å². The lowest BCUT2D eigenvalue weighted by molar-refractivity contribution is -0.384. The molecule has 2 unspecified atom stereocenters. The second-order valence-electron chi connectivity index (χ2n) is 4.68. The van der Waals surface area contributed by atoms with Gasteiger partial charge in [0.25, 0.3) is 0 Å². The van der Waals surface area contributed by atoms with Crippen molar-refractivity contribution in [2.24, 2.45) is 0 Å². The Kier molecular flexibility index (Phi) is 4.90. The molecule has 0 saturated carbocycles. The van der Waals surface area contributed by atoms with E-state index >= 15 is 0 Å². The van der Waals surface area contributed by atoms with E-state index < -0.39 is 4.92 Å². The number of morpholine rings is 1. The van der Waals surface area contributed by atoms with Crippen LogP contribution in [0.2, 0.25) is 0 Å². The molecule has 1 saturated heterocycles. The summed E-state index contributed by atoms with van der Waals surface area (Å²) in [6.45, 7) is 3.47. The van der Waals surface area contributed by atoms with Crippen LogP contribution in [0, 0.1) is 10.1 Å². The summed E-state index contributed by atoms with van der Waals surface area (Å²) in [4.78, 5) is 16.8. The number of methoxy groups -OCH3 is 1. The number of nitrogens with zero attached hydrogens (tertiary/aromatic N) is 3. The minimum atomic E-state index is -0.418. The van der Waals surface area contributed by atoms with Crippen molar-refractivity contribution < 1.29 is 14.4 Å². The standard InChI is InChI=1S/C12H16BrN3O4/c1-8-5-15(6-10(20-8)7-19-2)12-11(16(17)18)3-9(13)4-14-12/h3-4,8,10H,5-7H2,1-2H3. The average Bonchev–Trinajstić information content (AvgIpc) is 2.38. The second kappa shape index (κ2) is 6.47. The summed E-state index contributed by atoms with van der Waals surface area (Å²) in [6.07, 6.45) is 1.41. The van der Waals surface area contributed by atoms with Gasteiger partial charge in [-0.05, 0) is 22.9 Å². The zero-order chi connectivity index (χ0) is 14.7. The number of pyridine rings is 1. The quantitative estimate of drug-likeness (QED) is 0.613. The van der Waals surface area contributed by atoms with Gasteiger partial charge in [-0.2, -0.15) is 0 Å². The maximum absolute atomic E-state index is 11.2. The first-order chi connectivity index (χ1) is 9.51. The first kappa shape index (κ1) is 15.1. The summed E-state index contributed by atoms with van der Waals surface area (Å²) in [5.41, 5.74) is -0.00959. The molecule has 2 atom stereocenters. The van der Waals surface area contributed by atoms with Crippen LogP contribution in [0.5, 0.6) is 0 Å². The summed E-state index contributed by atoms with van der Waals surface area (Å²) in [7, 11) is 1.60. The molecule has 110 valence electrons. The molecule has 0 radical (unpaired) electrons. The second-order valence-corrected chi connectivity index (χ2v) is 5.60. The molecule has 1 aliphatic heterocycles. The molecule has 0 aromatic carbocycles. The molecule has 1 aliphatic rings. The molecular formula is C12H16BrN3O4. The lowest BCUT2D eigenvalue weighted by atomic mass is 10.2. The highest BCUT2D eigenvalue weighted by Gasteiger charge is 2.30. The fourth-order valence-electron chi connectivity index (χ4n) is 2.30. The Morgan fingerprint density at radius 3 is 3.05 bits per heavy atom. The zero-order valence-electron chi connectivity index (χ0n) is 11.3. The van der Waals surface area contributed by atoms with Crippen molar-refractivity contribution in [2.45, 2.75) is 19.1 Å². The van der Waals surface area contributed by atoms with Gasteiger partial charge in [-0.25, -0.2) is 4.98 Å². The van der Waals surface area contributed by atoms with Crippen molar-refractivity contribution in [1.29, 1.82) is 0 Å². The first-order valence-corrected chi connectivity index (χ1v) is 7.00. The summed E-state index contributed by atoms with van der Waals surface area (Å²) in [6, 6.07) is 1.47. The molecule has 2 heterocycles. The van der Waals surface area contributed by atoms with Gasteiger partial charge in [0.2, 0.25) is 5.82 Å². The molecule has 0 bridgehead atoms. The summed E-state index contributed by atoms with van der Waals surface area (Å²) in [5, 5.41) is 11.2. The minimum Gasteiger partial charge on any atom is -0.382 e. The van der Waals surface area contributed by atoms with Crippen LogP contribution >= 0.6 is 15.9 Å². The third-order valence-corrected chi connectivity index (χ3v) is 3.42. The number of ether oxygens (including phenoxy) is 2. The van der Waals surface area contributed by atoms with Crippen LogP contribution in [0.4, 0.5) is 11.5 Å². The van der Waals surface area contributed by atoms with Crippen LogP contribution < -0.4 is 4.90 Å². The minimum absolute atomic E-state index is 0.00959. The molecule has 2 rings (SSSR count). The van der Waals surface area contributed by atoms with E-state index in [0.717, 1.165) is 0 Å². The summed E-state index contributed by atoms with van der Waals surface area (Å²) >= 11 is 3.21. The molecule has 0 amide bonds. The topological polar surface area (TPSA) is 77.7 Å². The Morgan fingerprint density at radius 1 is 1.65 bits per heavy atom. The SMILES string of the molecule is COCC1CN(c2ncc(Br)cc2[N+](=O)[O-])CC(C)O1. The fourth-order valence-corrected chi connectivity index (χ4v) is 2.61. The van der Waals surface area contributed by atoms with Crippen LogP contribution in [-0.4, -0.2) is 48.9 Å². The van der Waals surface area contributed by atoms with Gasteiger partial charge in [-0.15, -0.1) is 0 Å². The van der Waals surface area contributed by atoms with E-state index in [1.807, 2.05) is 11.8 Å². The maximum atomic E-state index is 11.2. The predicted octanol–water partition coefficient (Wildman–Crippen LogP) is 1.99. The molecule has 7 nitrogen and oxygen atoms in total. The van der Waals surface area contributed by atoms with Gasteiger partial charge in [0.05, 0.1) is 23.7 Å². The Balaban J connectivity index is 2.28. The smallest absolute Gasteiger partial charge is 0.312 e. The zero-order valence-corrected chi connectivity index (χ0v) is 12.9. The summed E-state index contributed by atoms with van der Waals surface area (Å²) in [5.74, 6) is 0.370. The monoisotopic (exact) mass is 345 g/mol. The lowest BCUT2D eigenvalue weighted by Crippen LogP contribution is -2.48. The number of nitro groups is 1. The number of halogens is 1. The largest absolute Gasteiger partial charge is 0.382 e. The number of anilines is 1. The van der Waals surface area contributed by atoms with Gasteiger partial charge < -0.3 is 14.4 Å². The molecule has 1 aromatic heterocycles. The van der Waals surface area contributed by atoms with E-state index in [1.54, 1.807) is 13.3 Å². The third-order valence-electron chi connectivity index (χ3n) is 2.99. The number of hydrogen-bond acceptors (Lipinski definition) is 6. The van der Waals surface area contributed by atoms with Gasteiger partial charge in [0.15, 0.2) is 0 Å². The molecular weight excluding hydrogens is 330 g/mol. The highest BCUT2D eigenvalue weighted by atomic mass is 79.9. The van der Waals surface area contributed by atoms with E-state index in [0.29, 0.717) is 30.0 Å². The van der Waals surface area contributed by atoms with Crippen molar-refractivity contribution in [3.05, 3.63) is 26.9 Å². The summed E-state index contributed by atoms with van der Waals surface area (Å²) < 4.78 is 11.4. The lowest BCUT2D eigenvalue weighted by Gasteiger charge is -2.36. The molecule has 8 heteroatoms. The molecule has 20 heavy (non-hydrogen) atoms. The van der Waals surface area contributed by atoms with Crippen molar-refractivity contribution in [2.75, 3.05) is 31.7 Å². The van der Waals surface area contributed by atoms with Crippen molar-refractivity contribution in [3.8, 4) is 0 Å². The normalized spacial score (nSPS) is 22.9. The first-order valence-electron chi connectivity index (χ1n) is 6.20. The van der Waals surface area contributed by atoms with E-state index in [2.05, 4.69) is 20.9 Å². The highest BCUT2D eigenvalue weighted by Crippen LogP contribution is 2.30. The Morgan fingerprint density at radius 2 is 2.40 bits per heavy atom. The van der Waals surface area contributed by atoms with Gasteiger partial charge >= 0.3 is 5.69 Å². The Bertz CT molecular complexity index is 500. The van der Waals surface area contributed by atoms with Gasteiger partial charge in [0, 0.05) is 36.9 Å². The van der Waals surface area contributed by atoms with Gasteiger partial charge in [-0.1, -0.05) is 0 Å². The molecule has 0 spiro atoms. The molecule has 1 aromatic rings. The molecule has 0 aliphatic carbocycles. The Labute approximate surface area is 125 Å². The van der Waals surface area contributed by atoms with Gasteiger partial charge in [0.1, 0.15) is 0 Å². The third kappa shape index (κ3) is 3.44. The van der Waals surface area contributed by atoms with Crippen LogP contribution in [0.1, 0.15) is 6.92 Å². The highest BCUT2D eigenvalue weighted by molar-refractivity contribution is 9.10. The Hall–Kier alpha value is -1.25. The van der Waals surface area contributed by atoms with Crippen LogP contribution in [-0.2, 0) is 9.47 Å². The van der Waals surface area contributed by atoms with Crippen molar-refractivity contribution in [1.82, 2.24) is 4.98 Å². The van der Waals surface area contributed by atoms with Crippen molar-refractivity contribution >= 4 is 27.4 Å². The predicted molar refractivity (Wildman–Crippen MR) is 77.0 cm³/mol. The van der Waals surface area contributed by atoms with Crippen LogP contribution in [0.3, 0.4) is 0 Å². The molecule has 1 fully saturated rings. The van der Waals surface area contributed by atoms with E-state index in [4.69, 9.17) is 9.47 Å². The van der Waals surface area contributed by atoms with Crippen LogP contribution in [0.25, 0.3) is 0 Å².